The largest absolute Gasteiger partial charge is 0.448 e. The Morgan fingerprint density at radius 2 is 2.35 bits per heavy atom. The molecule has 0 aromatic heterocycles. The predicted octanol–water partition coefficient (Wildman–Crippen LogP) is 2.64. The first kappa shape index (κ1) is 12.2. The fourth-order valence-electron chi connectivity index (χ4n) is 1.78. The number of nitrogens with one attached hydrogen (secondary N) is 2. The van der Waals surface area contributed by atoms with Crippen molar-refractivity contribution in [3.05, 3.63) is 29.3 Å². The van der Waals surface area contributed by atoms with E-state index in [1.807, 2.05) is 0 Å². The third kappa shape index (κ3) is 3.61. The maximum absolute atomic E-state index is 11.5. The second-order valence-electron chi connectivity index (χ2n) is 4.00. The van der Waals surface area contributed by atoms with Crippen LogP contribution in [0.4, 0.5) is 10.5 Å². The van der Waals surface area contributed by atoms with Crippen LogP contribution in [0.3, 0.4) is 0 Å². The fourth-order valence-corrected chi connectivity index (χ4v) is 1.97. The molecule has 4 nitrogen and oxygen atoms in total. The number of carbonyl (C=O) groups excluding carboxylic acids is 1. The molecule has 0 spiro atoms. The summed E-state index contributed by atoms with van der Waals surface area (Å²) in [5.41, 5.74) is 0.568. The van der Waals surface area contributed by atoms with Gasteiger partial charge in [-0.25, -0.2) is 4.79 Å². The van der Waals surface area contributed by atoms with Crippen LogP contribution in [0.1, 0.15) is 12.8 Å². The first-order valence-electron chi connectivity index (χ1n) is 5.67. The van der Waals surface area contributed by atoms with E-state index < -0.39 is 6.09 Å². The minimum absolute atomic E-state index is 0.284. The summed E-state index contributed by atoms with van der Waals surface area (Å²) in [6.07, 6.45) is 1.73. The minimum Gasteiger partial charge on any atom is -0.448 e. The Morgan fingerprint density at radius 3 is 3.06 bits per heavy atom. The normalized spacial score (nSPS) is 19.0. The monoisotopic (exact) mass is 254 g/mol. The van der Waals surface area contributed by atoms with Crippen molar-refractivity contribution in [2.45, 2.75) is 18.9 Å². The smallest absolute Gasteiger partial charge is 0.411 e. The lowest BCUT2D eigenvalue weighted by Crippen LogP contribution is -2.29. The highest BCUT2D eigenvalue weighted by atomic mass is 35.5. The number of hydrogen-bond donors (Lipinski definition) is 2. The summed E-state index contributed by atoms with van der Waals surface area (Å²) >= 11 is 5.91. The van der Waals surface area contributed by atoms with E-state index in [9.17, 15) is 4.79 Å². The van der Waals surface area contributed by atoms with Crippen LogP contribution in [-0.2, 0) is 4.74 Å². The average molecular weight is 255 g/mol. The van der Waals surface area contributed by atoms with Crippen molar-refractivity contribution in [3.63, 3.8) is 0 Å². The highest BCUT2D eigenvalue weighted by Crippen LogP contribution is 2.20. The van der Waals surface area contributed by atoms with E-state index in [-0.39, 0.29) is 6.04 Å². The molecule has 92 valence electrons. The number of anilines is 1. The molecule has 1 saturated heterocycles. The standard InChI is InChI=1S/C12H15ClN2O2/c13-10-5-1-2-6-11(10)15-12(16)17-8-9-4-3-7-14-9/h1-2,5-6,9,14H,3-4,7-8H2,(H,15,16). The lowest BCUT2D eigenvalue weighted by Gasteiger charge is -2.12. The zero-order chi connectivity index (χ0) is 12.1. The average Bonchev–Trinajstić information content (AvgIpc) is 2.82. The van der Waals surface area contributed by atoms with Crippen molar-refractivity contribution in [2.75, 3.05) is 18.5 Å². The summed E-state index contributed by atoms with van der Waals surface area (Å²) in [5.74, 6) is 0. The van der Waals surface area contributed by atoms with Gasteiger partial charge in [0.05, 0.1) is 10.7 Å². The Bertz CT molecular complexity index is 392. The minimum atomic E-state index is -0.466. The number of ether oxygens (including phenoxy) is 1. The van der Waals surface area contributed by atoms with Crippen molar-refractivity contribution < 1.29 is 9.53 Å². The number of carbonyl (C=O) groups is 1. The summed E-state index contributed by atoms with van der Waals surface area (Å²) in [4.78, 5) is 11.5. The van der Waals surface area contributed by atoms with Crippen LogP contribution in [0.15, 0.2) is 24.3 Å². The van der Waals surface area contributed by atoms with Crippen LogP contribution in [0.5, 0.6) is 0 Å². The topological polar surface area (TPSA) is 50.4 Å². The number of para-hydroxylation sites is 1. The molecule has 0 aliphatic carbocycles. The van der Waals surface area contributed by atoms with Crippen molar-refractivity contribution >= 4 is 23.4 Å². The molecule has 5 heteroatoms. The van der Waals surface area contributed by atoms with Gasteiger partial charge < -0.3 is 10.1 Å². The van der Waals surface area contributed by atoms with E-state index in [2.05, 4.69) is 10.6 Å². The number of rotatable bonds is 3. The Kier molecular flexibility index (Phi) is 4.23. The van der Waals surface area contributed by atoms with Crippen LogP contribution in [0.25, 0.3) is 0 Å². The van der Waals surface area contributed by atoms with Gasteiger partial charge in [0, 0.05) is 6.04 Å². The van der Waals surface area contributed by atoms with Gasteiger partial charge in [0.1, 0.15) is 6.61 Å². The Balaban J connectivity index is 1.79. The Morgan fingerprint density at radius 1 is 1.53 bits per heavy atom. The van der Waals surface area contributed by atoms with Gasteiger partial charge in [-0.2, -0.15) is 0 Å². The summed E-state index contributed by atoms with van der Waals surface area (Å²) in [6, 6.07) is 7.35. The molecule has 0 radical (unpaired) electrons. The maximum Gasteiger partial charge on any atom is 0.411 e. The van der Waals surface area contributed by atoms with E-state index in [1.165, 1.54) is 0 Å². The van der Waals surface area contributed by atoms with Crippen LogP contribution in [0.2, 0.25) is 5.02 Å². The quantitative estimate of drug-likeness (QED) is 0.872. The molecule has 1 aromatic rings. The second-order valence-corrected chi connectivity index (χ2v) is 4.40. The summed E-state index contributed by atoms with van der Waals surface area (Å²) in [7, 11) is 0. The molecule has 2 N–H and O–H groups in total. The Hall–Kier alpha value is -1.26. The van der Waals surface area contributed by atoms with E-state index in [0.29, 0.717) is 17.3 Å². The molecule has 1 atom stereocenters. The first-order valence-corrected chi connectivity index (χ1v) is 6.05. The van der Waals surface area contributed by atoms with E-state index in [1.54, 1.807) is 24.3 Å². The second kappa shape index (κ2) is 5.89. The first-order chi connectivity index (χ1) is 8.25. The third-order valence-corrected chi connectivity index (χ3v) is 3.02. The molecule has 0 saturated carbocycles. The number of amides is 1. The van der Waals surface area contributed by atoms with Crippen LogP contribution in [-0.4, -0.2) is 25.3 Å². The molecule has 1 unspecified atom stereocenters. The molecular formula is C12H15ClN2O2. The van der Waals surface area contributed by atoms with Gasteiger partial charge in [0.2, 0.25) is 0 Å². The molecule has 1 aliphatic rings. The van der Waals surface area contributed by atoms with Crippen LogP contribution >= 0.6 is 11.6 Å². The highest BCUT2D eigenvalue weighted by molar-refractivity contribution is 6.33. The van der Waals surface area contributed by atoms with Gasteiger partial charge in [0.15, 0.2) is 0 Å². The molecule has 1 amide bonds. The highest BCUT2D eigenvalue weighted by Gasteiger charge is 2.16. The van der Waals surface area contributed by atoms with Gasteiger partial charge in [-0.3, -0.25) is 5.32 Å². The molecule has 2 rings (SSSR count). The SMILES string of the molecule is O=C(Nc1ccccc1Cl)OCC1CCCN1. The van der Waals surface area contributed by atoms with Crippen molar-refractivity contribution in [1.82, 2.24) is 5.32 Å². The van der Waals surface area contributed by atoms with Crippen molar-refractivity contribution in [3.8, 4) is 0 Å². The van der Waals surface area contributed by atoms with E-state index in [4.69, 9.17) is 16.3 Å². The van der Waals surface area contributed by atoms with Gasteiger partial charge in [-0.15, -0.1) is 0 Å². The molecular weight excluding hydrogens is 240 g/mol. The molecule has 1 aliphatic heterocycles. The fraction of sp³-hybridized carbons (Fsp3) is 0.417. The van der Waals surface area contributed by atoms with E-state index >= 15 is 0 Å². The number of halogens is 1. The van der Waals surface area contributed by atoms with Crippen molar-refractivity contribution in [1.29, 1.82) is 0 Å². The molecule has 0 bridgehead atoms. The van der Waals surface area contributed by atoms with E-state index in [0.717, 1.165) is 19.4 Å². The molecule has 1 heterocycles. The van der Waals surface area contributed by atoms with Crippen molar-refractivity contribution in [2.24, 2.45) is 0 Å². The summed E-state index contributed by atoms with van der Waals surface area (Å²) in [6.45, 7) is 1.40. The zero-order valence-electron chi connectivity index (χ0n) is 9.41. The number of benzene rings is 1. The molecule has 17 heavy (non-hydrogen) atoms. The molecule has 1 aromatic carbocycles. The van der Waals surface area contributed by atoms with Gasteiger partial charge in [-0.1, -0.05) is 23.7 Å². The zero-order valence-corrected chi connectivity index (χ0v) is 10.2. The predicted molar refractivity (Wildman–Crippen MR) is 67.4 cm³/mol. The third-order valence-electron chi connectivity index (χ3n) is 2.69. The van der Waals surface area contributed by atoms with Crippen LogP contribution < -0.4 is 10.6 Å². The summed E-state index contributed by atoms with van der Waals surface area (Å²) < 4.78 is 5.11. The maximum atomic E-state index is 11.5. The van der Waals surface area contributed by atoms with Gasteiger partial charge in [-0.05, 0) is 31.5 Å². The molecule has 1 fully saturated rings. The lowest BCUT2D eigenvalue weighted by molar-refractivity contribution is 0.151. The lowest BCUT2D eigenvalue weighted by atomic mass is 10.2. The van der Waals surface area contributed by atoms with Gasteiger partial charge in [0.25, 0.3) is 0 Å². The number of hydrogen-bond acceptors (Lipinski definition) is 3. The Labute approximate surface area is 105 Å². The van der Waals surface area contributed by atoms with Crippen LogP contribution in [0, 0.1) is 0 Å². The summed E-state index contributed by atoms with van der Waals surface area (Å²) in [5, 5.41) is 6.37. The van der Waals surface area contributed by atoms with Gasteiger partial charge >= 0.3 is 6.09 Å².